The standard InChI is InChI=1S/C29H33NO4.ClH/c1-4-31-26-13-12-22(17-27(26)34-20-21-10-8-7-9-11-21)16-25-24-19-29(33-6-3)28(32-5-2)18-23(24)14-15-30-25;/h7-13,17-19H,4-6,14-16,20H2,1-3H3;1H. The molecule has 0 N–H and O–H groups in total. The Morgan fingerprint density at radius 3 is 2.06 bits per heavy atom. The third-order valence-electron chi connectivity index (χ3n) is 5.68. The number of hydrogen-bond donors (Lipinski definition) is 0. The van der Waals surface area contributed by atoms with Gasteiger partial charge in [0.25, 0.3) is 0 Å². The van der Waals surface area contributed by atoms with Crippen molar-refractivity contribution >= 4 is 18.1 Å². The second-order valence-corrected chi connectivity index (χ2v) is 8.07. The lowest BCUT2D eigenvalue weighted by atomic mass is 9.93. The summed E-state index contributed by atoms with van der Waals surface area (Å²) in [5.41, 5.74) is 5.70. The van der Waals surface area contributed by atoms with Crippen LogP contribution in [-0.2, 0) is 19.4 Å². The summed E-state index contributed by atoms with van der Waals surface area (Å²) in [5.74, 6) is 3.09. The minimum atomic E-state index is 0. The van der Waals surface area contributed by atoms with Crippen molar-refractivity contribution < 1.29 is 18.9 Å². The van der Waals surface area contributed by atoms with Crippen LogP contribution in [0.15, 0.2) is 65.7 Å². The third-order valence-corrected chi connectivity index (χ3v) is 5.68. The van der Waals surface area contributed by atoms with Gasteiger partial charge in [0.2, 0.25) is 0 Å². The molecule has 1 heterocycles. The summed E-state index contributed by atoms with van der Waals surface area (Å²) < 4.78 is 23.7. The summed E-state index contributed by atoms with van der Waals surface area (Å²) >= 11 is 0. The first-order valence-corrected chi connectivity index (χ1v) is 12.1. The fraction of sp³-hybridized carbons (Fsp3) is 0.345. The topological polar surface area (TPSA) is 49.3 Å². The van der Waals surface area contributed by atoms with Gasteiger partial charge in [-0.2, -0.15) is 0 Å². The van der Waals surface area contributed by atoms with Gasteiger partial charge in [-0.3, -0.25) is 4.99 Å². The summed E-state index contributed by atoms with van der Waals surface area (Å²) in [6, 6.07) is 20.5. The summed E-state index contributed by atoms with van der Waals surface area (Å²) in [6.07, 6.45) is 1.61. The fourth-order valence-corrected chi connectivity index (χ4v) is 4.14. The Labute approximate surface area is 214 Å². The Morgan fingerprint density at radius 1 is 0.686 bits per heavy atom. The van der Waals surface area contributed by atoms with Crippen molar-refractivity contribution in [3.05, 3.63) is 82.9 Å². The maximum atomic E-state index is 6.17. The minimum Gasteiger partial charge on any atom is -0.490 e. The van der Waals surface area contributed by atoms with E-state index in [0.29, 0.717) is 32.8 Å². The molecule has 0 aromatic heterocycles. The molecule has 186 valence electrons. The van der Waals surface area contributed by atoms with Crippen molar-refractivity contribution in [2.45, 2.75) is 40.2 Å². The van der Waals surface area contributed by atoms with Crippen LogP contribution in [0.1, 0.15) is 43.0 Å². The van der Waals surface area contributed by atoms with Crippen molar-refractivity contribution in [2.75, 3.05) is 26.4 Å². The molecular weight excluding hydrogens is 462 g/mol. The van der Waals surface area contributed by atoms with E-state index in [4.69, 9.17) is 23.9 Å². The largest absolute Gasteiger partial charge is 0.490 e. The molecule has 0 radical (unpaired) electrons. The van der Waals surface area contributed by atoms with E-state index in [9.17, 15) is 0 Å². The molecule has 35 heavy (non-hydrogen) atoms. The van der Waals surface area contributed by atoms with E-state index in [0.717, 1.165) is 58.4 Å². The zero-order valence-electron chi connectivity index (χ0n) is 20.7. The molecule has 0 bridgehead atoms. The number of aliphatic imine (C=N–C) groups is 1. The first-order chi connectivity index (χ1) is 16.7. The maximum Gasteiger partial charge on any atom is 0.161 e. The Kier molecular flexibility index (Phi) is 9.86. The second kappa shape index (κ2) is 13.1. The quantitative estimate of drug-likeness (QED) is 0.306. The van der Waals surface area contributed by atoms with Gasteiger partial charge in [0.05, 0.1) is 19.8 Å². The highest BCUT2D eigenvalue weighted by Crippen LogP contribution is 2.35. The predicted octanol–water partition coefficient (Wildman–Crippen LogP) is 6.47. The molecule has 0 spiro atoms. The van der Waals surface area contributed by atoms with Crippen molar-refractivity contribution in [2.24, 2.45) is 4.99 Å². The van der Waals surface area contributed by atoms with Crippen molar-refractivity contribution in [1.82, 2.24) is 0 Å². The lowest BCUT2D eigenvalue weighted by Crippen LogP contribution is -2.16. The molecule has 5 nitrogen and oxygen atoms in total. The zero-order chi connectivity index (χ0) is 23.8. The minimum absolute atomic E-state index is 0. The third kappa shape index (κ3) is 6.70. The van der Waals surface area contributed by atoms with E-state index in [2.05, 4.69) is 36.4 Å². The smallest absolute Gasteiger partial charge is 0.161 e. The van der Waals surface area contributed by atoms with Gasteiger partial charge in [0, 0.05) is 24.2 Å². The monoisotopic (exact) mass is 495 g/mol. The van der Waals surface area contributed by atoms with Crippen LogP contribution in [0.5, 0.6) is 23.0 Å². The summed E-state index contributed by atoms with van der Waals surface area (Å²) in [4.78, 5) is 4.87. The lowest BCUT2D eigenvalue weighted by Gasteiger charge is -2.21. The van der Waals surface area contributed by atoms with Gasteiger partial charge in [0.1, 0.15) is 6.61 Å². The number of nitrogens with zero attached hydrogens (tertiary/aromatic N) is 1. The van der Waals surface area contributed by atoms with Gasteiger partial charge in [0.15, 0.2) is 23.0 Å². The highest BCUT2D eigenvalue weighted by atomic mass is 35.5. The highest BCUT2D eigenvalue weighted by molar-refractivity contribution is 6.04. The lowest BCUT2D eigenvalue weighted by molar-refractivity contribution is 0.269. The zero-order valence-corrected chi connectivity index (χ0v) is 21.5. The fourth-order valence-electron chi connectivity index (χ4n) is 4.14. The van der Waals surface area contributed by atoms with E-state index in [1.165, 1.54) is 5.56 Å². The summed E-state index contributed by atoms with van der Waals surface area (Å²) in [5, 5.41) is 0. The molecule has 0 atom stereocenters. The van der Waals surface area contributed by atoms with Crippen LogP contribution in [-0.4, -0.2) is 32.1 Å². The number of fused-ring (bicyclic) bond motifs is 1. The van der Waals surface area contributed by atoms with E-state index < -0.39 is 0 Å². The van der Waals surface area contributed by atoms with E-state index in [-0.39, 0.29) is 12.4 Å². The maximum absolute atomic E-state index is 6.17. The molecule has 0 amide bonds. The molecule has 4 rings (SSSR count). The van der Waals surface area contributed by atoms with Gasteiger partial charge >= 0.3 is 0 Å². The second-order valence-electron chi connectivity index (χ2n) is 8.07. The van der Waals surface area contributed by atoms with Crippen LogP contribution in [0.25, 0.3) is 0 Å². The van der Waals surface area contributed by atoms with Crippen LogP contribution in [0.2, 0.25) is 0 Å². The number of rotatable bonds is 11. The van der Waals surface area contributed by atoms with E-state index in [1.54, 1.807) is 0 Å². The first-order valence-electron chi connectivity index (χ1n) is 12.1. The normalized spacial score (nSPS) is 12.1. The van der Waals surface area contributed by atoms with Crippen LogP contribution in [0, 0.1) is 0 Å². The van der Waals surface area contributed by atoms with Crippen molar-refractivity contribution in [3.8, 4) is 23.0 Å². The molecule has 0 fully saturated rings. The summed E-state index contributed by atoms with van der Waals surface area (Å²) in [6.45, 7) is 9.01. The highest BCUT2D eigenvalue weighted by Gasteiger charge is 2.20. The molecule has 6 heteroatoms. The van der Waals surface area contributed by atoms with Crippen LogP contribution in [0.4, 0.5) is 0 Å². The SMILES string of the molecule is CCOc1cc2c(cc1OCC)C(Cc1ccc(OCC)c(OCc3ccccc3)c1)=NCC2.Cl. The molecular formula is C29H34ClNO4. The van der Waals surface area contributed by atoms with E-state index >= 15 is 0 Å². The first kappa shape index (κ1) is 26.4. The average molecular weight is 496 g/mol. The van der Waals surface area contributed by atoms with Crippen molar-refractivity contribution in [1.29, 1.82) is 0 Å². The Balaban J connectivity index is 0.00000342. The molecule has 3 aromatic carbocycles. The molecule has 0 unspecified atom stereocenters. The molecule has 0 aliphatic carbocycles. The molecule has 1 aliphatic rings. The van der Waals surface area contributed by atoms with Gasteiger partial charge in [-0.15, -0.1) is 12.4 Å². The number of halogens is 1. The Hall–Kier alpha value is -3.18. The van der Waals surface area contributed by atoms with Crippen LogP contribution >= 0.6 is 12.4 Å². The molecule has 0 saturated heterocycles. The number of benzene rings is 3. The Morgan fingerprint density at radius 2 is 1.34 bits per heavy atom. The van der Waals surface area contributed by atoms with Gasteiger partial charge in [-0.1, -0.05) is 36.4 Å². The van der Waals surface area contributed by atoms with Crippen molar-refractivity contribution in [3.63, 3.8) is 0 Å². The predicted molar refractivity (Wildman–Crippen MR) is 143 cm³/mol. The van der Waals surface area contributed by atoms with E-state index in [1.807, 2.05) is 45.0 Å². The van der Waals surface area contributed by atoms with Gasteiger partial charge < -0.3 is 18.9 Å². The van der Waals surface area contributed by atoms with Crippen LogP contribution in [0.3, 0.4) is 0 Å². The molecule has 0 saturated carbocycles. The summed E-state index contributed by atoms with van der Waals surface area (Å²) in [7, 11) is 0. The Bertz CT molecular complexity index is 1130. The average Bonchev–Trinajstić information content (AvgIpc) is 2.86. The van der Waals surface area contributed by atoms with Gasteiger partial charge in [-0.05, 0) is 68.1 Å². The molecule has 1 aliphatic heterocycles. The molecule has 3 aromatic rings. The van der Waals surface area contributed by atoms with Gasteiger partial charge in [-0.25, -0.2) is 0 Å². The number of ether oxygens (including phenoxy) is 4. The number of hydrogen-bond acceptors (Lipinski definition) is 5. The van der Waals surface area contributed by atoms with Crippen LogP contribution < -0.4 is 18.9 Å².